The molecular formula is C17H23F4N3O. The maximum Gasteiger partial charge on any atom is 0.249 e. The van der Waals surface area contributed by atoms with Crippen LogP contribution in [0, 0.1) is 12.8 Å². The summed E-state index contributed by atoms with van der Waals surface area (Å²) in [6, 6.07) is 0. The van der Waals surface area contributed by atoms with Crippen LogP contribution in [0.15, 0.2) is 0 Å². The first-order valence-electron chi connectivity index (χ1n) is 8.46. The zero-order chi connectivity index (χ0) is 18.8. The molecule has 1 aromatic heterocycles. The largest absolute Gasteiger partial charge is 0.310 e. The molecule has 140 valence electrons. The van der Waals surface area contributed by atoms with E-state index in [1.54, 1.807) is 11.6 Å². The number of rotatable bonds is 3. The fourth-order valence-corrected chi connectivity index (χ4v) is 3.45. The first kappa shape index (κ1) is 18.2. The molecule has 0 atom stereocenters. The van der Waals surface area contributed by atoms with Crippen LogP contribution in [0.3, 0.4) is 0 Å². The van der Waals surface area contributed by atoms with Crippen LogP contribution in [0.5, 0.6) is 0 Å². The molecule has 1 N–H and O–H groups in total. The molecule has 3 rings (SSSR count). The van der Waals surface area contributed by atoms with E-state index in [2.05, 4.69) is 10.4 Å². The number of nitrogens with one attached hydrogen (secondary N) is 1. The summed E-state index contributed by atoms with van der Waals surface area (Å²) in [6.07, 6.45) is -1.42. The van der Waals surface area contributed by atoms with Crippen LogP contribution in [0.25, 0.3) is 0 Å². The second-order valence-electron chi connectivity index (χ2n) is 8.35. The van der Waals surface area contributed by atoms with Crippen molar-refractivity contribution in [1.29, 1.82) is 0 Å². The second-order valence-corrected chi connectivity index (χ2v) is 8.35. The van der Waals surface area contributed by atoms with Crippen molar-refractivity contribution in [2.45, 2.75) is 76.7 Å². The summed E-state index contributed by atoms with van der Waals surface area (Å²) in [5.74, 6) is -6.56. The van der Waals surface area contributed by atoms with E-state index in [1.807, 2.05) is 20.8 Å². The lowest BCUT2D eigenvalue weighted by Gasteiger charge is -2.34. The third-order valence-electron chi connectivity index (χ3n) is 4.97. The fraction of sp³-hybridized carbons (Fsp3) is 0.765. The number of alkyl halides is 4. The molecule has 0 unspecified atom stereocenters. The van der Waals surface area contributed by atoms with Gasteiger partial charge in [0.1, 0.15) is 5.82 Å². The summed E-state index contributed by atoms with van der Waals surface area (Å²) in [5.41, 5.74) is 0.700. The summed E-state index contributed by atoms with van der Waals surface area (Å²) in [4.78, 5) is 12.3. The molecule has 1 heterocycles. The number of amides is 1. The Morgan fingerprint density at radius 1 is 1.12 bits per heavy atom. The van der Waals surface area contributed by atoms with Crippen molar-refractivity contribution in [1.82, 2.24) is 9.78 Å². The molecule has 2 aliphatic rings. The molecule has 4 nitrogen and oxygen atoms in total. The van der Waals surface area contributed by atoms with Crippen molar-refractivity contribution in [3.8, 4) is 0 Å². The Balaban J connectivity index is 1.84. The van der Waals surface area contributed by atoms with Gasteiger partial charge in [-0.3, -0.25) is 4.79 Å². The van der Waals surface area contributed by atoms with E-state index in [0.717, 1.165) is 0 Å². The predicted octanol–water partition coefficient (Wildman–Crippen LogP) is 4.44. The number of carbonyl (C=O) groups is 1. The number of hydrogen-bond acceptors (Lipinski definition) is 2. The van der Waals surface area contributed by atoms with Crippen LogP contribution in [0.4, 0.5) is 23.4 Å². The number of halogens is 4. The number of carbonyl (C=O) groups excluding carboxylic acids is 1. The van der Waals surface area contributed by atoms with Crippen molar-refractivity contribution < 1.29 is 22.4 Å². The van der Waals surface area contributed by atoms with Crippen molar-refractivity contribution >= 4 is 11.7 Å². The Hall–Kier alpha value is -1.60. The highest BCUT2D eigenvalue weighted by molar-refractivity contribution is 5.93. The van der Waals surface area contributed by atoms with Crippen LogP contribution in [-0.2, 0) is 10.3 Å². The first-order chi connectivity index (χ1) is 11.3. The average Bonchev–Trinajstić information content (AvgIpc) is 2.70. The van der Waals surface area contributed by atoms with Crippen molar-refractivity contribution in [3.63, 3.8) is 0 Å². The van der Waals surface area contributed by atoms with E-state index in [4.69, 9.17) is 0 Å². The molecular weight excluding hydrogens is 338 g/mol. The van der Waals surface area contributed by atoms with Gasteiger partial charge in [0.2, 0.25) is 17.8 Å². The van der Waals surface area contributed by atoms with Gasteiger partial charge in [0.25, 0.3) is 0 Å². The van der Waals surface area contributed by atoms with Gasteiger partial charge in [0, 0.05) is 43.1 Å². The minimum atomic E-state index is -2.77. The summed E-state index contributed by atoms with van der Waals surface area (Å²) < 4.78 is 54.0. The van der Waals surface area contributed by atoms with Gasteiger partial charge in [0.15, 0.2) is 0 Å². The molecule has 2 saturated carbocycles. The smallest absolute Gasteiger partial charge is 0.249 e. The van der Waals surface area contributed by atoms with Crippen LogP contribution in [0.1, 0.15) is 63.6 Å². The molecule has 0 saturated heterocycles. The lowest BCUT2D eigenvalue weighted by molar-refractivity contribution is -0.145. The monoisotopic (exact) mass is 361 g/mol. The Morgan fingerprint density at radius 3 is 2.08 bits per heavy atom. The minimum Gasteiger partial charge on any atom is -0.310 e. The van der Waals surface area contributed by atoms with Crippen LogP contribution < -0.4 is 5.32 Å². The highest BCUT2D eigenvalue weighted by Crippen LogP contribution is 2.50. The molecule has 2 aliphatic carbocycles. The molecule has 2 fully saturated rings. The molecule has 8 heteroatoms. The maximum atomic E-state index is 13.2. The summed E-state index contributed by atoms with van der Waals surface area (Å²) in [7, 11) is 0. The van der Waals surface area contributed by atoms with Crippen molar-refractivity contribution in [3.05, 3.63) is 11.3 Å². The molecule has 0 aliphatic heterocycles. The summed E-state index contributed by atoms with van der Waals surface area (Å²) in [6.45, 7) is 7.37. The highest BCUT2D eigenvalue weighted by atomic mass is 19.3. The van der Waals surface area contributed by atoms with Gasteiger partial charge in [-0.25, -0.2) is 22.2 Å². The van der Waals surface area contributed by atoms with Gasteiger partial charge in [0.05, 0.1) is 11.2 Å². The van der Waals surface area contributed by atoms with Gasteiger partial charge in [-0.1, -0.05) is 0 Å². The first-order valence-corrected chi connectivity index (χ1v) is 8.46. The standard InChI is InChI=1S/C17H23F4N3O/c1-9-12(10-5-16(18,19)6-10)23-24(15(2,3)4)13(9)22-14(25)11-7-17(20,21)8-11/h10-11H,5-8H2,1-4H3,(H,22,25). The van der Waals surface area contributed by atoms with Crippen LogP contribution >= 0.6 is 0 Å². The lowest BCUT2D eigenvalue weighted by Crippen LogP contribution is -2.43. The van der Waals surface area contributed by atoms with E-state index in [1.165, 1.54) is 0 Å². The lowest BCUT2D eigenvalue weighted by atomic mass is 9.78. The van der Waals surface area contributed by atoms with Gasteiger partial charge in [-0.15, -0.1) is 0 Å². The predicted molar refractivity (Wildman–Crippen MR) is 85.2 cm³/mol. The number of anilines is 1. The Bertz CT molecular complexity index is 689. The molecule has 0 spiro atoms. The van der Waals surface area contributed by atoms with Crippen molar-refractivity contribution in [2.24, 2.45) is 5.92 Å². The topological polar surface area (TPSA) is 46.9 Å². The Labute approximate surface area is 144 Å². The molecule has 1 amide bonds. The quantitative estimate of drug-likeness (QED) is 0.809. The normalized spacial score (nSPS) is 23.0. The molecule has 25 heavy (non-hydrogen) atoms. The third kappa shape index (κ3) is 3.40. The van der Waals surface area contributed by atoms with Crippen molar-refractivity contribution in [2.75, 3.05) is 5.32 Å². The zero-order valence-corrected chi connectivity index (χ0v) is 14.8. The highest BCUT2D eigenvalue weighted by Gasteiger charge is 2.50. The zero-order valence-electron chi connectivity index (χ0n) is 14.8. The summed E-state index contributed by atoms with van der Waals surface area (Å²) in [5, 5.41) is 7.18. The number of nitrogens with zero attached hydrogens (tertiary/aromatic N) is 2. The number of hydrogen-bond donors (Lipinski definition) is 1. The maximum absolute atomic E-state index is 13.2. The Morgan fingerprint density at radius 2 is 1.64 bits per heavy atom. The van der Waals surface area contributed by atoms with Gasteiger partial charge in [-0.05, 0) is 27.7 Å². The second kappa shape index (κ2) is 5.45. The molecule has 0 radical (unpaired) electrons. The van der Waals surface area contributed by atoms with Gasteiger partial charge in [-0.2, -0.15) is 5.10 Å². The SMILES string of the molecule is Cc1c(C2CC(F)(F)C2)nn(C(C)(C)C)c1NC(=O)C1CC(F)(F)C1. The molecule has 1 aromatic rings. The van der Waals surface area contributed by atoms with Gasteiger partial charge >= 0.3 is 0 Å². The van der Waals surface area contributed by atoms with Crippen LogP contribution in [0.2, 0.25) is 0 Å². The van der Waals surface area contributed by atoms with Crippen LogP contribution in [-0.4, -0.2) is 27.5 Å². The summed E-state index contributed by atoms with van der Waals surface area (Å²) >= 11 is 0. The van der Waals surface area contributed by atoms with E-state index in [0.29, 0.717) is 17.1 Å². The van der Waals surface area contributed by atoms with Gasteiger partial charge < -0.3 is 5.32 Å². The third-order valence-corrected chi connectivity index (χ3v) is 4.97. The molecule has 0 aromatic carbocycles. The van der Waals surface area contributed by atoms with E-state index in [9.17, 15) is 22.4 Å². The average molecular weight is 361 g/mol. The van der Waals surface area contributed by atoms with E-state index < -0.39 is 42.1 Å². The van der Waals surface area contributed by atoms with E-state index >= 15 is 0 Å². The molecule has 0 bridgehead atoms. The Kier molecular flexibility index (Phi) is 3.96. The fourth-order valence-electron chi connectivity index (χ4n) is 3.45. The minimum absolute atomic E-state index is 0.253. The van der Waals surface area contributed by atoms with E-state index in [-0.39, 0.29) is 18.8 Å². The number of aromatic nitrogens is 2.